The Morgan fingerprint density at radius 1 is 0.780 bits per heavy atom. The lowest BCUT2D eigenvalue weighted by molar-refractivity contribution is 0.0841. The molecule has 0 spiro atoms. The summed E-state index contributed by atoms with van der Waals surface area (Å²) < 4.78 is 25.0. The van der Waals surface area contributed by atoms with E-state index < -0.39 is 6.10 Å². The van der Waals surface area contributed by atoms with Crippen LogP contribution < -0.4 is 18.9 Å². The van der Waals surface area contributed by atoms with Crippen molar-refractivity contribution < 1.29 is 23.7 Å². The van der Waals surface area contributed by atoms with Crippen molar-refractivity contribution in [3.05, 3.63) is 58.7 Å². The van der Waals surface area contributed by atoms with Crippen molar-refractivity contribution in [2.45, 2.75) is 71.3 Å². The second kappa shape index (κ2) is 19.5. The molecule has 2 aromatic rings. The lowest BCUT2D eigenvalue weighted by Gasteiger charge is -2.32. The largest absolute Gasteiger partial charge is 0.496 e. The molecule has 1 unspecified atom stereocenters. The summed E-state index contributed by atoms with van der Waals surface area (Å²) in [6.45, 7) is 17.1. The maximum atomic E-state index is 13.7. The van der Waals surface area contributed by atoms with Crippen LogP contribution in [-0.4, -0.2) is 125 Å². The molecule has 276 valence electrons. The molecule has 3 aliphatic rings. The zero-order valence-corrected chi connectivity index (χ0v) is 31.5. The van der Waals surface area contributed by atoms with Gasteiger partial charge in [-0.15, -0.1) is 0 Å². The van der Waals surface area contributed by atoms with Gasteiger partial charge in [0, 0.05) is 64.0 Å². The number of rotatable bonds is 18. The fraction of sp³-hybridized carbons (Fsp3) is 0.634. The number of fused-ring (bicyclic) bond motifs is 1. The number of allylic oxidation sites excluding steroid dienone is 2. The molecule has 0 amide bonds. The fourth-order valence-corrected chi connectivity index (χ4v) is 7.00. The molecule has 3 heterocycles. The van der Waals surface area contributed by atoms with Crippen molar-refractivity contribution in [1.29, 1.82) is 0 Å². The van der Waals surface area contributed by atoms with Crippen LogP contribution in [0.25, 0.3) is 0 Å². The number of methoxy groups -OCH3 is 1. The summed E-state index contributed by atoms with van der Waals surface area (Å²) in [6.07, 6.45) is 9.35. The number of carbonyl (C=O) groups excluding carboxylic acids is 1. The Morgan fingerprint density at radius 3 is 1.92 bits per heavy atom. The highest BCUT2D eigenvalue weighted by Gasteiger charge is 2.34. The van der Waals surface area contributed by atoms with Crippen LogP contribution in [0.15, 0.2) is 42.0 Å². The third-order valence-corrected chi connectivity index (χ3v) is 10.4. The van der Waals surface area contributed by atoms with E-state index in [4.69, 9.17) is 18.9 Å². The molecule has 1 atom stereocenters. The summed E-state index contributed by atoms with van der Waals surface area (Å²) in [7, 11) is 6.01. The minimum Gasteiger partial charge on any atom is -0.496 e. The van der Waals surface area contributed by atoms with Crippen LogP contribution in [0.1, 0.15) is 86.4 Å². The number of hydrogen-bond acceptors (Lipinski definition) is 9. The van der Waals surface area contributed by atoms with Crippen LogP contribution in [0.4, 0.5) is 0 Å². The van der Waals surface area contributed by atoms with Gasteiger partial charge in [0.25, 0.3) is 0 Å². The minimum atomic E-state index is -0.390. The zero-order chi connectivity index (χ0) is 35.3. The maximum absolute atomic E-state index is 13.7. The third-order valence-electron chi connectivity index (χ3n) is 10.4. The molecule has 0 radical (unpaired) electrons. The first-order valence-corrected chi connectivity index (χ1v) is 19.0. The lowest BCUT2D eigenvalue weighted by atomic mass is 9.92. The molecule has 50 heavy (non-hydrogen) atoms. The predicted octanol–water partition coefficient (Wildman–Crippen LogP) is 6.50. The smallest absolute Gasteiger partial charge is 0.174 e. The summed E-state index contributed by atoms with van der Waals surface area (Å²) in [5.74, 6) is 2.71. The van der Waals surface area contributed by atoms with E-state index in [1.165, 1.54) is 57.6 Å². The Bertz CT molecular complexity index is 1380. The van der Waals surface area contributed by atoms with Gasteiger partial charge in [-0.1, -0.05) is 23.8 Å². The quantitative estimate of drug-likeness (QED) is 0.129. The van der Waals surface area contributed by atoms with Gasteiger partial charge in [0.15, 0.2) is 5.78 Å². The highest BCUT2D eigenvalue weighted by molar-refractivity contribution is 6.03. The number of ether oxygens (including phenoxy) is 4. The van der Waals surface area contributed by atoms with E-state index in [0.717, 1.165) is 74.6 Å². The van der Waals surface area contributed by atoms with E-state index in [1.807, 2.05) is 30.3 Å². The van der Waals surface area contributed by atoms with Gasteiger partial charge in [-0.25, -0.2) is 0 Å². The second-order valence-electron chi connectivity index (χ2n) is 14.7. The summed E-state index contributed by atoms with van der Waals surface area (Å²) in [4.78, 5) is 23.6. The Morgan fingerprint density at radius 2 is 1.36 bits per heavy atom. The van der Waals surface area contributed by atoms with Crippen LogP contribution in [0, 0.1) is 0 Å². The van der Waals surface area contributed by atoms with Crippen LogP contribution in [0.5, 0.6) is 23.0 Å². The average Bonchev–Trinajstić information content (AvgIpc) is 3.11. The Hall–Kier alpha value is -3.11. The second-order valence-corrected chi connectivity index (χ2v) is 14.7. The van der Waals surface area contributed by atoms with E-state index in [9.17, 15) is 4.79 Å². The van der Waals surface area contributed by atoms with Crippen molar-refractivity contribution in [2.75, 3.05) is 99.9 Å². The van der Waals surface area contributed by atoms with Gasteiger partial charge in [0.1, 0.15) is 34.7 Å². The van der Waals surface area contributed by atoms with E-state index >= 15 is 0 Å². The van der Waals surface area contributed by atoms with E-state index in [-0.39, 0.29) is 12.2 Å². The minimum absolute atomic E-state index is 0.0268. The van der Waals surface area contributed by atoms with E-state index in [1.54, 1.807) is 7.11 Å². The highest BCUT2D eigenvalue weighted by Crippen LogP contribution is 2.46. The molecular weight excluding hydrogens is 628 g/mol. The molecule has 3 aliphatic heterocycles. The Balaban J connectivity index is 1.16. The van der Waals surface area contributed by atoms with Crippen molar-refractivity contribution >= 4 is 5.78 Å². The number of piperazine rings is 2. The van der Waals surface area contributed by atoms with E-state index in [2.05, 4.69) is 53.6 Å². The molecule has 0 bridgehead atoms. The van der Waals surface area contributed by atoms with Gasteiger partial charge in [0.05, 0.1) is 26.7 Å². The van der Waals surface area contributed by atoms with Crippen molar-refractivity contribution in [3.63, 3.8) is 0 Å². The van der Waals surface area contributed by atoms with Crippen LogP contribution in [0.2, 0.25) is 0 Å². The number of unbranched alkanes of at least 4 members (excludes halogenated alkanes) is 4. The number of likely N-dealkylation sites (N-methyl/N-ethyl adjacent to an activating group) is 2. The number of ketones is 1. The van der Waals surface area contributed by atoms with Crippen molar-refractivity contribution in [1.82, 2.24) is 19.6 Å². The van der Waals surface area contributed by atoms with Crippen LogP contribution in [-0.2, 0) is 6.42 Å². The molecule has 2 aromatic carbocycles. The SMILES string of the molecule is COc1cc(OCCCCCN2CCN(C)CC2)c(CC=C(C)C)c2c1C(=O)CC(c1ccc(OCCCCCN3CCN(C)CC3)cc1)O2. The number of hydrogen-bond donors (Lipinski definition) is 0. The standard InChI is InChI=1S/C41H62N4O5/c1-32(2)12-17-35-38(49-29-11-7-9-19-45-26-22-43(4)23-27-45)31-39(47-5)40-36(46)30-37(50-41(35)40)33-13-15-34(16-14-33)48-28-10-6-8-18-44-24-20-42(3)21-25-44/h12-16,31,37H,6-11,17-30H2,1-5H3. The van der Waals surface area contributed by atoms with Gasteiger partial charge >= 0.3 is 0 Å². The molecule has 9 nitrogen and oxygen atoms in total. The summed E-state index contributed by atoms with van der Waals surface area (Å²) in [5, 5.41) is 0. The Kier molecular flexibility index (Phi) is 14.9. The van der Waals surface area contributed by atoms with Crippen molar-refractivity contribution in [3.8, 4) is 23.0 Å². The molecule has 2 saturated heterocycles. The predicted molar refractivity (Wildman–Crippen MR) is 201 cm³/mol. The molecular formula is C41H62N4O5. The summed E-state index contributed by atoms with van der Waals surface area (Å²) in [5.41, 5.74) is 3.59. The van der Waals surface area contributed by atoms with Gasteiger partial charge in [-0.3, -0.25) is 4.79 Å². The van der Waals surface area contributed by atoms with E-state index in [0.29, 0.717) is 36.7 Å². The first-order valence-electron chi connectivity index (χ1n) is 19.0. The van der Waals surface area contributed by atoms with Gasteiger partial charge in [-0.05, 0) is 104 Å². The van der Waals surface area contributed by atoms with Crippen LogP contribution in [0.3, 0.4) is 0 Å². The first kappa shape index (κ1) is 38.1. The fourth-order valence-electron chi connectivity index (χ4n) is 7.00. The van der Waals surface area contributed by atoms with Gasteiger partial charge in [-0.2, -0.15) is 0 Å². The monoisotopic (exact) mass is 690 g/mol. The number of Topliss-reactive ketones (excluding diaryl/α,β-unsaturated/α-hetero) is 1. The first-order chi connectivity index (χ1) is 24.3. The molecule has 0 N–H and O–H groups in total. The normalized spacial score (nSPS) is 19.1. The summed E-state index contributed by atoms with van der Waals surface area (Å²) in [6, 6.07) is 9.94. The van der Waals surface area contributed by atoms with Gasteiger partial charge in [0.2, 0.25) is 0 Å². The summed E-state index contributed by atoms with van der Waals surface area (Å²) >= 11 is 0. The average molecular weight is 691 g/mol. The Labute approximate surface area is 301 Å². The van der Waals surface area contributed by atoms with Crippen LogP contribution >= 0.6 is 0 Å². The zero-order valence-electron chi connectivity index (χ0n) is 31.5. The molecule has 0 aromatic heterocycles. The van der Waals surface area contributed by atoms with Gasteiger partial charge < -0.3 is 38.5 Å². The topological polar surface area (TPSA) is 67.0 Å². The number of carbonyl (C=O) groups is 1. The molecule has 0 saturated carbocycles. The lowest BCUT2D eigenvalue weighted by Crippen LogP contribution is -2.44. The number of benzene rings is 2. The number of nitrogens with zero attached hydrogens (tertiary/aromatic N) is 4. The van der Waals surface area contributed by atoms with Crippen molar-refractivity contribution in [2.24, 2.45) is 0 Å². The molecule has 9 heteroatoms. The molecule has 5 rings (SSSR count). The molecule has 2 fully saturated rings. The third kappa shape index (κ3) is 11.2. The molecule has 0 aliphatic carbocycles. The highest BCUT2D eigenvalue weighted by atomic mass is 16.5. The maximum Gasteiger partial charge on any atom is 0.174 e.